The van der Waals surface area contributed by atoms with Gasteiger partial charge in [-0.1, -0.05) is 61.2 Å². The number of carbonyl (C=O) groups is 1. The van der Waals surface area contributed by atoms with Crippen molar-refractivity contribution in [3.05, 3.63) is 58.7 Å². The summed E-state index contributed by atoms with van der Waals surface area (Å²) in [5, 5.41) is 15.4. The average molecular weight is 427 g/mol. The third-order valence-corrected chi connectivity index (χ3v) is 6.65. The predicted molar refractivity (Wildman–Crippen MR) is 124 cm³/mol. The molecule has 5 nitrogen and oxygen atoms in total. The zero-order chi connectivity index (χ0) is 21.0. The number of carbonyl (C=O) groups excluding carboxylic acids is 1. The second-order valence-corrected chi connectivity index (χ2v) is 9.53. The zero-order valence-corrected chi connectivity index (χ0v) is 19.0. The number of benzene rings is 2. The first-order valence-electron chi connectivity index (χ1n) is 9.53. The quantitative estimate of drug-likeness (QED) is 0.449. The molecule has 0 aliphatic carbocycles. The van der Waals surface area contributed by atoms with Gasteiger partial charge >= 0.3 is 0 Å². The number of amides is 1. The molecule has 0 aliphatic rings. The van der Waals surface area contributed by atoms with Gasteiger partial charge in [0, 0.05) is 11.4 Å². The molecule has 3 rings (SSSR count). The Morgan fingerprint density at radius 2 is 1.86 bits per heavy atom. The maximum absolute atomic E-state index is 12.5. The van der Waals surface area contributed by atoms with Crippen molar-refractivity contribution in [1.82, 2.24) is 10.2 Å². The van der Waals surface area contributed by atoms with E-state index >= 15 is 0 Å². The lowest BCUT2D eigenvalue weighted by molar-refractivity contribution is -0.113. The van der Waals surface area contributed by atoms with Crippen LogP contribution in [-0.4, -0.2) is 21.9 Å². The van der Waals surface area contributed by atoms with Crippen molar-refractivity contribution in [2.45, 2.75) is 44.9 Å². The smallest absolute Gasteiger partial charge is 0.234 e. The summed E-state index contributed by atoms with van der Waals surface area (Å²) in [6.45, 7) is 10.4. The van der Waals surface area contributed by atoms with Crippen LogP contribution in [0.1, 0.15) is 42.0 Å². The molecule has 7 heteroatoms. The molecule has 0 spiro atoms. The first-order valence-corrected chi connectivity index (χ1v) is 11.3. The average Bonchev–Trinajstić information content (AvgIpc) is 3.12. The van der Waals surface area contributed by atoms with Crippen molar-refractivity contribution < 1.29 is 4.79 Å². The van der Waals surface area contributed by atoms with Gasteiger partial charge < -0.3 is 10.6 Å². The van der Waals surface area contributed by atoms with Crippen molar-refractivity contribution in [2.24, 2.45) is 0 Å². The lowest BCUT2D eigenvalue weighted by Crippen LogP contribution is -2.16. The van der Waals surface area contributed by atoms with Crippen LogP contribution < -0.4 is 10.6 Å². The fourth-order valence-corrected chi connectivity index (χ4v) is 4.48. The van der Waals surface area contributed by atoms with E-state index in [-0.39, 0.29) is 5.91 Å². The Balaban J connectivity index is 1.58. The molecular formula is C22H26N4OS2. The van der Waals surface area contributed by atoms with Crippen molar-refractivity contribution in [3.8, 4) is 0 Å². The number of thioether (sulfide) groups is 1. The number of hydrogen-bond donors (Lipinski definition) is 2. The summed E-state index contributed by atoms with van der Waals surface area (Å²) in [7, 11) is 0. The van der Waals surface area contributed by atoms with Crippen molar-refractivity contribution in [1.29, 1.82) is 0 Å². The van der Waals surface area contributed by atoms with E-state index in [0.29, 0.717) is 11.7 Å². The molecule has 152 valence electrons. The first kappa shape index (κ1) is 21.3. The maximum atomic E-state index is 12.5. The number of hydrogen-bond acceptors (Lipinski definition) is 6. The number of aryl methyl sites for hydroxylation is 3. The molecule has 0 atom stereocenters. The van der Waals surface area contributed by atoms with Gasteiger partial charge in [-0.25, -0.2) is 0 Å². The van der Waals surface area contributed by atoms with Gasteiger partial charge in [0.1, 0.15) is 0 Å². The van der Waals surface area contributed by atoms with Gasteiger partial charge in [0.15, 0.2) is 4.34 Å². The predicted octanol–water partition coefficient (Wildman–Crippen LogP) is 6.06. The van der Waals surface area contributed by atoms with E-state index in [2.05, 4.69) is 66.7 Å². The number of rotatable bonds is 7. The van der Waals surface area contributed by atoms with Crippen LogP contribution in [0.15, 0.2) is 40.7 Å². The molecule has 2 N–H and O–H groups in total. The van der Waals surface area contributed by atoms with E-state index in [0.717, 1.165) is 32.0 Å². The van der Waals surface area contributed by atoms with Gasteiger partial charge in [0.25, 0.3) is 0 Å². The second-order valence-electron chi connectivity index (χ2n) is 7.33. The summed E-state index contributed by atoms with van der Waals surface area (Å²) in [4.78, 5) is 12.5. The van der Waals surface area contributed by atoms with E-state index in [1.54, 1.807) is 0 Å². The Morgan fingerprint density at radius 3 is 2.59 bits per heavy atom. The normalized spacial score (nSPS) is 11.0. The molecule has 0 radical (unpaired) electrons. The van der Waals surface area contributed by atoms with Gasteiger partial charge in [0.05, 0.1) is 5.75 Å². The van der Waals surface area contributed by atoms with Crippen molar-refractivity contribution in [3.63, 3.8) is 0 Å². The van der Waals surface area contributed by atoms with Crippen LogP contribution in [0.5, 0.6) is 0 Å². The van der Waals surface area contributed by atoms with E-state index in [4.69, 9.17) is 0 Å². The third kappa shape index (κ3) is 5.58. The second kappa shape index (κ2) is 9.41. The third-order valence-electron chi connectivity index (χ3n) is 4.68. The number of aromatic nitrogens is 2. The zero-order valence-electron chi connectivity index (χ0n) is 17.4. The first-order chi connectivity index (χ1) is 13.8. The summed E-state index contributed by atoms with van der Waals surface area (Å²) < 4.78 is 0.764. The Bertz CT molecular complexity index is 1010. The summed E-state index contributed by atoms with van der Waals surface area (Å²) in [5.74, 6) is 0.606. The Kier molecular flexibility index (Phi) is 6.92. The highest BCUT2D eigenvalue weighted by molar-refractivity contribution is 8.01. The lowest BCUT2D eigenvalue weighted by atomic mass is 9.98. The van der Waals surface area contributed by atoms with Crippen LogP contribution in [0, 0.1) is 20.8 Å². The summed E-state index contributed by atoms with van der Waals surface area (Å²) in [5.41, 5.74) is 6.61. The van der Waals surface area contributed by atoms with E-state index in [1.165, 1.54) is 34.2 Å². The van der Waals surface area contributed by atoms with Crippen molar-refractivity contribution >= 4 is 45.5 Å². The van der Waals surface area contributed by atoms with E-state index < -0.39 is 0 Å². The molecule has 0 saturated heterocycles. The van der Waals surface area contributed by atoms with Gasteiger partial charge in [-0.3, -0.25) is 4.79 Å². The number of nitrogens with zero attached hydrogens (tertiary/aromatic N) is 2. The molecule has 29 heavy (non-hydrogen) atoms. The molecule has 2 aromatic carbocycles. The minimum atomic E-state index is -0.0370. The van der Waals surface area contributed by atoms with Gasteiger partial charge in [-0.15, -0.1) is 10.2 Å². The van der Waals surface area contributed by atoms with Crippen LogP contribution in [0.25, 0.3) is 0 Å². The van der Waals surface area contributed by atoms with Gasteiger partial charge in [-0.05, 0) is 61.1 Å². The van der Waals surface area contributed by atoms with Gasteiger partial charge in [-0.2, -0.15) is 0 Å². The molecule has 0 fully saturated rings. The molecule has 0 saturated carbocycles. The SMILES string of the molecule is Cc1ccc(Nc2nnc(SCC(=O)Nc3c(C)cccc3C(C)C)s2)cc1C. The highest BCUT2D eigenvalue weighted by atomic mass is 32.2. The number of anilines is 3. The molecule has 1 aromatic heterocycles. The monoisotopic (exact) mass is 426 g/mol. The Morgan fingerprint density at radius 1 is 1.07 bits per heavy atom. The Labute approximate surface area is 180 Å². The topological polar surface area (TPSA) is 66.9 Å². The molecule has 0 bridgehead atoms. The summed E-state index contributed by atoms with van der Waals surface area (Å²) >= 11 is 2.84. The molecule has 0 unspecified atom stereocenters. The standard InChI is InChI=1S/C22H26N4OS2/c1-13(2)18-8-6-7-15(4)20(18)24-19(27)12-28-22-26-25-21(29-22)23-17-10-9-14(3)16(5)11-17/h6-11,13H,12H2,1-5H3,(H,23,25)(H,24,27). The lowest BCUT2D eigenvalue weighted by Gasteiger charge is -2.16. The van der Waals surface area contributed by atoms with Crippen LogP contribution in [0.4, 0.5) is 16.5 Å². The minimum absolute atomic E-state index is 0.0370. The fraction of sp³-hybridized carbons (Fsp3) is 0.318. The minimum Gasteiger partial charge on any atom is -0.330 e. The summed E-state index contributed by atoms with van der Waals surface area (Å²) in [6.07, 6.45) is 0. The molecule has 1 heterocycles. The number of para-hydroxylation sites is 1. The maximum Gasteiger partial charge on any atom is 0.234 e. The highest BCUT2D eigenvalue weighted by Crippen LogP contribution is 2.30. The fourth-order valence-electron chi connectivity index (χ4n) is 2.91. The molecular weight excluding hydrogens is 400 g/mol. The highest BCUT2D eigenvalue weighted by Gasteiger charge is 2.13. The van der Waals surface area contributed by atoms with Crippen LogP contribution in [0.2, 0.25) is 0 Å². The van der Waals surface area contributed by atoms with Crippen LogP contribution in [-0.2, 0) is 4.79 Å². The van der Waals surface area contributed by atoms with Gasteiger partial charge in [0.2, 0.25) is 11.0 Å². The molecule has 3 aromatic rings. The molecule has 1 amide bonds. The summed E-state index contributed by atoms with van der Waals surface area (Å²) in [6, 6.07) is 12.3. The Hall–Kier alpha value is -2.38. The largest absolute Gasteiger partial charge is 0.330 e. The van der Waals surface area contributed by atoms with Crippen LogP contribution >= 0.6 is 23.1 Å². The van der Waals surface area contributed by atoms with E-state index in [9.17, 15) is 4.79 Å². The van der Waals surface area contributed by atoms with Crippen LogP contribution in [0.3, 0.4) is 0 Å². The van der Waals surface area contributed by atoms with Crippen molar-refractivity contribution in [2.75, 3.05) is 16.4 Å². The number of nitrogens with one attached hydrogen (secondary N) is 2. The van der Waals surface area contributed by atoms with E-state index in [1.807, 2.05) is 25.1 Å². The molecule has 0 aliphatic heterocycles.